The van der Waals surface area contributed by atoms with E-state index in [9.17, 15) is 14.0 Å². The van der Waals surface area contributed by atoms with Crippen molar-refractivity contribution in [2.75, 3.05) is 13.1 Å². The quantitative estimate of drug-likeness (QED) is 0.763. The molecular weight excluding hydrogens is 297 g/mol. The van der Waals surface area contributed by atoms with Crippen LogP contribution in [-0.2, 0) is 4.74 Å². The molecule has 1 aliphatic heterocycles. The Bertz CT molecular complexity index is 540. The molecule has 1 aromatic carbocycles. The Morgan fingerprint density at radius 3 is 2.13 bits per heavy atom. The van der Waals surface area contributed by atoms with E-state index < -0.39 is 5.60 Å². The van der Waals surface area contributed by atoms with E-state index in [0.717, 1.165) is 0 Å². The molecule has 5 heteroatoms. The van der Waals surface area contributed by atoms with Crippen molar-refractivity contribution in [3.63, 3.8) is 0 Å². The Labute approximate surface area is 137 Å². The second kappa shape index (κ2) is 7.57. The van der Waals surface area contributed by atoms with E-state index in [1.165, 1.54) is 24.3 Å². The first-order valence-corrected chi connectivity index (χ1v) is 7.54. The van der Waals surface area contributed by atoms with Gasteiger partial charge in [0.2, 0.25) is 0 Å². The third-order valence-electron chi connectivity index (χ3n) is 3.65. The molecule has 0 atom stereocenters. The normalized spacial score (nSPS) is 15.7. The molecule has 0 spiro atoms. The highest BCUT2D eigenvalue weighted by Gasteiger charge is 2.30. The predicted octanol–water partition coefficient (Wildman–Crippen LogP) is 4.29. The molecule has 1 amide bonds. The summed E-state index contributed by atoms with van der Waals surface area (Å²) in [6, 6.07) is 5.61. The molecule has 0 radical (unpaired) electrons. The second-order valence-electron chi connectivity index (χ2n) is 6.61. The molecule has 0 aliphatic carbocycles. The van der Waals surface area contributed by atoms with Crippen LogP contribution in [0.1, 0.15) is 51.4 Å². The van der Waals surface area contributed by atoms with Crippen molar-refractivity contribution in [1.82, 2.24) is 4.90 Å². The molecule has 1 heterocycles. The zero-order valence-corrected chi connectivity index (χ0v) is 13.3. The lowest BCUT2D eigenvalue weighted by Crippen LogP contribution is -2.43. The minimum atomic E-state index is -0.516. The van der Waals surface area contributed by atoms with E-state index in [2.05, 4.69) is 0 Å². The summed E-state index contributed by atoms with van der Waals surface area (Å²) in [7, 11) is 0. The van der Waals surface area contributed by atoms with Gasteiger partial charge in [-0.2, -0.15) is 0 Å². The first-order valence-electron chi connectivity index (χ1n) is 7.54. The molecule has 23 heavy (non-hydrogen) atoms. The van der Waals surface area contributed by atoms with Gasteiger partial charge in [-0.05, 0) is 57.9 Å². The van der Waals surface area contributed by atoms with Crippen LogP contribution in [0.25, 0.3) is 0 Å². The predicted molar refractivity (Wildman–Crippen MR) is 88.0 cm³/mol. The molecule has 128 valence electrons. The SMILES string of the molecule is C.CC(C)(C)OC(=O)N1CCC(C(=O)c2ccc(F)cc2)CC1. The topological polar surface area (TPSA) is 46.6 Å². The van der Waals surface area contributed by atoms with Crippen molar-refractivity contribution >= 4 is 11.9 Å². The number of carbonyl (C=O) groups is 2. The lowest BCUT2D eigenvalue weighted by atomic mass is 9.89. The van der Waals surface area contributed by atoms with Gasteiger partial charge < -0.3 is 9.64 Å². The number of ketones is 1. The highest BCUT2D eigenvalue weighted by Crippen LogP contribution is 2.23. The van der Waals surface area contributed by atoms with Gasteiger partial charge in [0.05, 0.1) is 0 Å². The molecule has 1 aliphatic rings. The van der Waals surface area contributed by atoms with Crippen molar-refractivity contribution in [2.45, 2.75) is 46.6 Å². The minimum absolute atomic E-state index is 0. The van der Waals surface area contributed by atoms with Gasteiger partial charge in [-0.1, -0.05) is 7.43 Å². The smallest absolute Gasteiger partial charge is 0.410 e. The minimum Gasteiger partial charge on any atom is -0.444 e. The summed E-state index contributed by atoms with van der Waals surface area (Å²) < 4.78 is 18.2. The number of Topliss-reactive ketones (excluding diaryl/α,β-unsaturated/α-hetero) is 1. The number of ether oxygens (including phenoxy) is 1. The number of hydrogen-bond acceptors (Lipinski definition) is 3. The van der Waals surface area contributed by atoms with Gasteiger partial charge in [-0.3, -0.25) is 4.79 Å². The maximum Gasteiger partial charge on any atom is 0.410 e. The fourth-order valence-corrected chi connectivity index (χ4v) is 2.50. The summed E-state index contributed by atoms with van der Waals surface area (Å²) in [4.78, 5) is 26.0. The molecular formula is C18H26FNO3. The largest absolute Gasteiger partial charge is 0.444 e. The van der Waals surface area contributed by atoms with Crippen molar-refractivity contribution in [3.05, 3.63) is 35.6 Å². The molecule has 0 saturated carbocycles. The average molecular weight is 323 g/mol. The lowest BCUT2D eigenvalue weighted by Gasteiger charge is -2.32. The molecule has 1 fully saturated rings. The van der Waals surface area contributed by atoms with Crippen LogP contribution in [0.5, 0.6) is 0 Å². The number of halogens is 1. The summed E-state index contributed by atoms with van der Waals surface area (Å²) in [6.45, 7) is 6.50. The van der Waals surface area contributed by atoms with Crippen LogP contribution >= 0.6 is 0 Å². The van der Waals surface area contributed by atoms with Crippen LogP contribution in [0.2, 0.25) is 0 Å². The number of rotatable bonds is 2. The van der Waals surface area contributed by atoms with Gasteiger partial charge >= 0.3 is 6.09 Å². The van der Waals surface area contributed by atoms with Crippen molar-refractivity contribution in [1.29, 1.82) is 0 Å². The van der Waals surface area contributed by atoms with Crippen LogP contribution in [0.15, 0.2) is 24.3 Å². The molecule has 2 rings (SSSR count). The van der Waals surface area contributed by atoms with Gasteiger partial charge in [0.1, 0.15) is 11.4 Å². The summed E-state index contributed by atoms with van der Waals surface area (Å²) in [5, 5.41) is 0. The zero-order chi connectivity index (χ0) is 16.3. The molecule has 4 nitrogen and oxygen atoms in total. The van der Waals surface area contributed by atoms with Crippen LogP contribution < -0.4 is 0 Å². The average Bonchev–Trinajstić information content (AvgIpc) is 2.46. The second-order valence-corrected chi connectivity index (χ2v) is 6.61. The Hall–Kier alpha value is -1.91. The van der Waals surface area contributed by atoms with E-state index in [0.29, 0.717) is 31.5 Å². The van der Waals surface area contributed by atoms with Gasteiger partial charge in [0.15, 0.2) is 5.78 Å². The van der Waals surface area contributed by atoms with Crippen LogP contribution in [0, 0.1) is 11.7 Å². The third kappa shape index (κ3) is 5.34. The van der Waals surface area contributed by atoms with Gasteiger partial charge in [0, 0.05) is 24.6 Å². The Morgan fingerprint density at radius 2 is 1.65 bits per heavy atom. The maximum absolute atomic E-state index is 12.9. The van der Waals surface area contributed by atoms with Gasteiger partial charge in [0.25, 0.3) is 0 Å². The third-order valence-corrected chi connectivity index (χ3v) is 3.65. The molecule has 1 saturated heterocycles. The van der Waals surface area contributed by atoms with E-state index in [1.54, 1.807) is 4.90 Å². The Morgan fingerprint density at radius 1 is 1.13 bits per heavy atom. The highest BCUT2D eigenvalue weighted by atomic mass is 19.1. The summed E-state index contributed by atoms with van der Waals surface area (Å²) in [5.74, 6) is -0.454. The summed E-state index contributed by atoms with van der Waals surface area (Å²) in [5.41, 5.74) is 0.00910. The van der Waals surface area contributed by atoms with Crippen molar-refractivity contribution in [3.8, 4) is 0 Å². The Kier molecular flexibility index (Phi) is 6.30. The molecule has 0 N–H and O–H groups in total. The molecule has 1 aromatic rings. The fraction of sp³-hybridized carbons (Fsp3) is 0.556. The number of carbonyl (C=O) groups excluding carboxylic acids is 2. The highest BCUT2D eigenvalue weighted by molar-refractivity contribution is 5.97. The Balaban J connectivity index is 0.00000264. The monoisotopic (exact) mass is 323 g/mol. The first-order chi connectivity index (χ1) is 10.3. The number of benzene rings is 1. The van der Waals surface area contributed by atoms with E-state index >= 15 is 0 Å². The lowest BCUT2D eigenvalue weighted by molar-refractivity contribution is 0.0182. The number of nitrogens with zero attached hydrogens (tertiary/aromatic N) is 1. The van der Waals surface area contributed by atoms with Crippen LogP contribution in [-0.4, -0.2) is 35.5 Å². The molecule has 0 aromatic heterocycles. The summed E-state index contributed by atoms with van der Waals surface area (Å²) >= 11 is 0. The van der Waals surface area contributed by atoms with E-state index in [4.69, 9.17) is 4.74 Å². The van der Waals surface area contributed by atoms with Crippen molar-refractivity contribution in [2.24, 2.45) is 5.92 Å². The standard InChI is InChI=1S/C17H22FNO3.CH4/c1-17(2,3)22-16(21)19-10-8-13(9-11-19)15(20)12-4-6-14(18)7-5-12;/h4-7,13H,8-11H2,1-3H3;1H4. The number of amides is 1. The number of piperidine rings is 1. The first kappa shape index (κ1) is 19.1. The van der Waals surface area contributed by atoms with Crippen LogP contribution in [0.3, 0.4) is 0 Å². The molecule has 0 bridgehead atoms. The van der Waals surface area contributed by atoms with E-state index in [1.807, 2.05) is 20.8 Å². The van der Waals surface area contributed by atoms with Gasteiger partial charge in [-0.15, -0.1) is 0 Å². The fourth-order valence-electron chi connectivity index (χ4n) is 2.50. The van der Waals surface area contributed by atoms with Gasteiger partial charge in [-0.25, -0.2) is 9.18 Å². The van der Waals surface area contributed by atoms with E-state index in [-0.39, 0.29) is 31.0 Å². The van der Waals surface area contributed by atoms with Crippen molar-refractivity contribution < 1.29 is 18.7 Å². The zero-order valence-electron chi connectivity index (χ0n) is 13.3. The number of likely N-dealkylation sites (tertiary alicyclic amines) is 1. The number of hydrogen-bond donors (Lipinski definition) is 0. The maximum atomic E-state index is 12.9. The van der Waals surface area contributed by atoms with Crippen LogP contribution in [0.4, 0.5) is 9.18 Å². The molecule has 0 unspecified atom stereocenters. The summed E-state index contributed by atoms with van der Waals surface area (Å²) in [6.07, 6.45) is 0.880.